The Morgan fingerprint density at radius 2 is 1.55 bits per heavy atom. The molecule has 0 atom stereocenters. The lowest BCUT2D eigenvalue weighted by Gasteiger charge is -2.25. The minimum atomic E-state index is -4.61. The van der Waals surface area contributed by atoms with Crippen LogP contribution in [0.25, 0.3) is 0 Å². The van der Waals surface area contributed by atoms with E-state index in [4.69, 9.17) is 22.1 Å². The SMILES string of the molecule is Cc1cc(CN)ccc1NC(=O)C(=O)NCC(C)(C)CNC(=O)c1ccc(Nc2nc(NC3(c4ccc(Cl)cc4)CC3)nc(OCC(F)(F)F)n2)cc1. The third-order valence-corrected chi connectivity index (χ3v) is 8.57. The number of carbonyl (C=O) groups excluding carboxylic acids is 3. The van der Waals surface area contributed by atoms with E-state index in [0.717, 1.165) is 29.5 Å². The fourth-order valence-electron chi connectivity index (χ4n) is 5.16. The Labute approximate surface area is 308 Å². The standard InChI is InChI=1S/C36H39ClF3N9O4/c1-21-16-22(17-41)4-13-27(21)45-30(52)29(51)43-19-34(2,3)18-42-28(50)23-5-11-26(12-6-23)44-31-46-32(48-33(47-31)53-20-36(38,39)40)49-35(14-15-35)24-7-9-25(37)10-8-24/h4-13,16H,14-15,17-20,41H2,1-3H3,(H,42,50)(H,43,51)(H,45,52)(H2,44,46,47,48,49). The first kappa shape index (κ1) is 38.7. The Morgan fingerprint density at radius 1 is 0.887 bits per heavy atom. The van der Waals surface area contributed by atoms with E-state index in [1.54, 1.807) is 55.5 Å². The van der Waals surface area contributed by atoms with Crippen LogP contribution < -0.4 is 37.1 Å². The number of nitrogens with one attached hydrogen (secondary N) is 5. The van der Waals surface area contributed by atoms with Crippen LogP contribution in [0.3, 0.4) is 0 Å². The number of aromatic nitrogens is 3. The van der Waals surface area contributed by atoms with E-state index < -0.39 is 47.5 Å². The van der Waals surface area contributed by atoms with Crippen molar-refractivity contribution in [3.8, 4) is 6.01 Å². The highest BCUT2D eigenvalue weighted by Gasteiger charge is 2.45. The Bertz CT molecular complexity index is 1960. The minimum Gasteiger partial charge on any atom is -0.454 e. The third-order valence-electron chi connectivity index (χ3n) is 8.32. The van der Waals surface area contributed by atoms with E-state index in [0.29, 0.717) is 28.5 Å². The summed E-state index contributed by atoms with van der Waals surface area (Å²) in [5.74, 6) is -2.10. The highest BCUT2D eigenvalue weighted by atomic mass is 35.5. The molecule has 0 spiro atoms. The van der Waals surface area contributed by atoms with E-state index in [1.165, 1.54) is 0 Å². The molecule has 5 rings (SSSR count). The van der Waals surface area contributed by atoms with Gasteiger partial charge in [-0.3, -0.25) is 14.4 Å². The summed E-state index contributed by atoms with van der Waals surface area (Å²) in [5.41, 5.74) is 8.35. The van der Waals surface area contributed by atoms with E-state index in [9.17, 15) is 27.6 Å². The van der Waals surface area contributed by atoms with Gasteiger partial charge in [-0.15, -0.1) is 0 Å². The molecule has 0 radical (unpaired) electrons. The Kier molecular flexibility index (Phi) is 11.7. The number of nitrogens with two attached hydrogens (primary N) is 1. The largest absolute Gasteiger partial charge is 0.454 e. The van der Waals surface area contributed by atoms with Crippen molar-refractivity contribution >= 4 is 52.6 Å². The predicted molar refractivity (Wildman–Crippen MR) is 194 cm³/mol. The molecule has 53 heavy (non-hydrogen) atoms. The second kappa shape index (κ2) is 16.0. The normalized spacial score (nSPS) is 13.4. The van der Waals surface area contributed by atoms with Crippen LogP contribution >= 0.6 is 11.6 Å². The van der Waals surface area contributed by atoms with Crippen molar-refractivity contribution in [2.24, 2.45) is 11.1 Å². The highest BCUT2D eigenvalue weighted by Crippen LogP contribution is 2.48. The van der Waals surface area contributed by atoms with Gasteiger partial charge in [-0.05, 0) is 84.3 Å². The van der Waals surface area contributed by atoms with Crippen LogP contribution in [0.4, 0.5) is 36.4 Å². The minimum absolute atomic E-state index is 0.00951. The number of hydrogen-bond donors (Lipinski definition) is 6. The summed E-state index contributed by atoms with van der Waals surface area (Å²) in [6.07, 6.45) is -3.14. The molecule has 280 valence electrons. The topological polar surface area (TPSA) is 185 Å². The quantitative estimate of drug-likeness (QED) is 0.0888. The molecule has 0 unspecified atom stereocenters. The van der Waals surface area contributed by atoms with Gasteiger partial charge >= 0.3 is 24.0 Å². The summed E-state index contributed by atoms with van der Waals surface area (Å²) in [7, 11) is 0. The lowest BCUT2D eigenvalue weighted by Crippen LogP contribution is -2.45. The molecule has 7 N–H and O–H groups in total. The van der Waals surface area contributed by atoms with Crippen LogP contribution in [-0.2, 0) is 21.7 Å². The Morgan fingerprint density at radius 3 is 2.17 bits per heavy atom. The molecule has 1 aromatic heterocycles. The molecule has 0 aliphatic heterocycles. The lowest BCUT2D eigenvalue weighted by molar-refractivity contribution is -0.154. The van der Waals surface area contributed by atoms with Crippen LogP contribution in [0.1, 0.15) is 53.7 Å². The first-order valence-electron chi connectivity index (χ1n) is 16.6. The van der Waals surface area contributed by atoms with E-state index in [1.807, 2.05) is 32.0 Å². The summed E-state index contributed by atoms with van der Waals surface area (Å²) in [5, 5.41) is 14.7. The fraction of sp³-hybridized carbons (Fsp3) is 0.333. The smallest absolute Gasteiger partial charge is 0.422 e. The van der Waals surface area contributed by atoms with Crippen LogP contribution in [-0.4, -0.2) is 58.5 Å². The monoisotopic (exact) mass is 753 g/mol. The number of anilines is 4. The van der Waals surface area contributed by atoms with E-state index in [-0.39, 0.29) is 25.0 Å². The summed E-state index contributed by atoms with van der Waals surface area (Å²) in [6.45, 7) is 4.48. The summed E-state index contributed by atoms with van der Waals surface area (Å²) >= 11 is 6.03. The number of ether oxygens (including phenoxy) is 1. The van der Waals surface area contributed by atoms with Crippen LogP contribution in [0, 0.1) is 12.3 Å². The molecule has 3 amide bonds. The molecule has 17 heteroatoms. The molecule has 1 fully saturated rings. The van der Waals surface area contributed by atoms with Gasteiger partial charge in [0.25, 0.3) is 5.91 Å². The van der Waals surface area contributed by atoms with Crippen molar-refractivity contribution in [1.29, 1.82) is 0 Å². The Balaban J connectivity index is 1.16. The first-order valence-corrected chi connectivity index (χ1v) is 16.9. The number of halogens is 4. The molecule has 1 aliphatic rings. The molecular formula is C36H39ClF3N9O4. The maximum Gasteiger partial charge on any atom is 0.422 e. The summed E-state index contributed by atoms with van der Waals surface area (Å²) in [4.78, 5) is 50.3. The van der Waals surface area contributed by atoms with E-state index in [2.05, 4.69) is 41.5 Å². The number of amides is 3. The molecule has 1 heterocycles. The highest BCUT2D eigenvalue weighted by molar-refractivity contribution is 6.39. The molecule has 3 aromatic carbocycles. The van der Waals surface area contributed by atoms with Crippen LogP contribution in [0.5, 0.6) is 6.01 Å². The molecular weight excluding hydrogens is 715 g/mol. The average molecular weight is 754 g/mol. The number of rotatable bonds is 14. The van der Waals surface area contributed by atoms with Gasteiger partial charge in [-0.25, -0.2) is 0 Å². The van der Waals surface area contributed by atoms with Gasteiger partial charge in [0.2, 0.25) is 11.9 Å². The molecule has 13 nitrogen and oxygen atoms in total. The number of hydrogen-bond acceptors (Lipinski definition) is 10. The number of benzene rings is 3. The lowest BCUT2D eigenvalue weighted by atomic mass is 9.93. The van der Waals surface area contributed by atoms with Gasteiger partial charge in [-0.1, -0.05) is 49.7 Å². The number of nitrogens with zero attached hydrogens (tertiary/aromatic N) is 3. The van der Waals surface area contributed by atoms with Gasteiger partial charge in [0.05, 0.1) is 5.54 Å². The van der Waals surface area contributed by atoms with Gasteiger partial charge in [0.1, 0.15) is 0 Å². The van der Waals surface area contributed by atoms with Crippen molar-refractivity contribution in [3.05, 3.63) is 94.0 Å². The van der Waals surface area contributed by atoms with Crippen LogP contribution in [0.15, 0.2) is 66.7 Å². The number of alkyl halides is 3. The molecule has 0 bridgehead atoms. The zero-order chi connectivity index (χ0) is 38.4. The third kappa shape index (κ3) is 11.0. The summed E-state index contributed by atoms with van der Waals surface area (Å²) < 4.78 is 43.7. The zero-order valence-corrected chi connectivity index (χ0v) is 29.9. The van der Waals surface area contributed by atoms with Crippen molar-refractivity contribution in [2.45, 2.75) is 51.9 Å². The van der Waals surface area contributed by atoms with Crippen molar-refractivity contribution < 1.29 is 32.3 Å². The van der Waals surface area contributed by atoms with Gasteiger partial charge in [-0.2, -0.15) is 28.1 Å². The van der Waals surface area contributed by atoms with Gasteiger partial charge < -0.3 is 37.1 Å². The summed E-state index contributed by atoms with van der Waals surface area (Å²) in [6, 6.07) is 18.2. The molecule has 1 aliphatic carbocycles. The second-order valence-electron chi connectivity index (χ2n) is 13.4. The van der Waals surface area contributed by atoms with E-state index >= 15 is 0 Å². The Hall–Kier alpha value is -5.48. The van der Waals surface area contributed by atoms with Gasteiger partial charge in [0, 0.05) is 41.6 Å². The molecule has 4 aromatic rings. The van der Waals surface area contributed by atoms with Gasteiger partial charge in [0.15, 0.2) is 6.61 Å². The van der Waals surface area contributed by atoms with Crippen molar-refractivity contribution in [3.63, 3.8) is 0 Å². The first-order chi connectivity index (χ1) is 25.0. The van der Waals surface area contributed by atoms with Crippen molar-refractivity contribution in [1.82, 2.24) is 25.6 Å². The fourth-order valence-corrected chi connectivity index (χ4v) is 5.29. The van der Waals surface area contributed by atoms with Crippen LogP contribution in [0.2, 0.25) is 5.02 Å². The predicted octanol–water partition coefficient (Wildman–Crippen LogP) is 5.59. The maximum absolute atomic E-state index is 13.0. The second-order valence-corrected chi connectivity index (χ2v) is 13.9. The zero-order valence-electron chi connectivity index (χ0n) is 29.2. The molecule has 1 saturated carbocycles. The van der Waals surface area contributed by atoms with Crippen molar-refractivity contribution in [2.75, 3.05) is 35.6 Å². The molecule has 0 saturated heterocycles. The maximum atomic E-state index is 13.0. The number of carbonyl (C=O) groups is 3. The average Bonchev–Trinajstić information content (AvgIpc) is 3.90. The number of aryl methyl sites for hydroxylation is 1.